The summed E-state index contributed by atoms with van der Waals surface area (Å²) >= 11 is 0. The molecule has 2 fully saturated rings. The first-order chi connectivity index (χ1) is 14.9. The Bertz CT molecular complexity index is 924. The monoisotopic (exact) mass is 424 g/mol. The van der Waals surface area contributed by atoms with E-state index in [9.17, 15) is 19.6 Å². The maximum Gasteiger partial charge on any atom is 0.261 e. The molecule has 164 valence electrons. The quantitative estimate of drug-likeness (QED) is 0.669. The van der Waals surface area contributed by atoms with Crippen LogP contribution in [0.4, 0.5) is 0 Å². The van der Waals surface area contributed by atoms with E-state index in [-0.39, 0.29) is 47.9 Å². The van der Waals surface area contributed by atoms with Gasteiger partial charge in [0.2, 0.25) is 0 Å². The van der Waals surface area contributed by atoms with Crippen molar-refractivity contribution in [1.82, 2.24) is 14.7 Å². The molecule has 2 atom stereocenters. The van der Waals surface area contributed by atoms with E-state index in [1.54, 1.807) is 23.1 Å². The summed E-state index contributed by atoms with van der Waals surface area (Å²) in [5.74, 6) is -0.605. The van der Waals surface area contributed by atoms with Crippen LogP contribution >= 0.6 is 0 Å². The predicted octanol–water partition coefficient (Wildman–Crippen LogP) is 1.77. The minimum Gasteiger partial charge on any atom is -0.376 e. The van der Waals surface area contributed by atoms with Crippen molar-refractivity contribution in [2.24, 2.45) is 5.92 Å². The SMILES string of the molecule is CC(C)C(C#N)N1CCN(C(=O)c2ccc3c(c2)C(=O)N(CC2CCCO2)C3=O)CC1. The van der Waals surface area contributed by atoms with Crippen LogP contribution in [0.1, 0.15) is 57.8 Å². The average Bonchev–Trinajstić information content (AvgIpc) is 3.37. The molecule has 3 amide bonds. The van der Waals surface area contributed by atoms with Gasteiger partial charge in [-0.15, -0.1) is 0 Å². The molecule has 0 saturated carbocycles. The molecule has 3 aliphatic heterocycles. The van der Waals surface area contributed by atoms with Crippen LogP contribution in [0.2, 0.25) is 0 Å². The summed E-state index contributed by atoms with van der Waals surface area (Å²) in [5.41, 5.74) is 1.04. The second kappa shape index (κ2) is 8.77. The summed E-state index contributed by atoms with van der Waals surface area (Å²) in [4.78, 5) is 43.7. The number of amides is 3. The number of nitrogens with zero attached hydrogens (tertiary/aromatic N) is 4. The highest BCUT2D eigenvalue weighted by Gasteiger charge is 2.38. The Balaban J connectivity index is 1.44. The third-order valence-electron chi connectivity index (χ3n) is 6.39. The molecule has 1 aromatic carbocycles. The third kappa shape index (κ3) is 4.08. The Hall–Kier alpha value is -2.76. The molecule has 4 rings (SSSR count). The second-order valence-corrected chi connectivity index (χ2v) is 8.76. The van der Waals surface area contributed by atoms with Gasteiger partial charge in [-0.3, -0.25) is 24.2 Å². The zero-order valence-corrected chi connectivity index (χ0v) is 18.0. The van der Waals surface area contributed by atoms with Crippen molar-refractivity contribution in [2.75, 3.05) is 39.3 Å². The molecule has 31 heavy (non-hydrogen) atoms. The largest absolute Gasteiger partial charge is 0.376 e. The third-order valence-corrected chi connectivity index (χ3v) is 6.39. The maximum atomic E-state index is 13.0. The highest BCUT2D eigenvalue weighted by Crippen LogP contribution is 2.27. The molecule has 8 heteroatoms. The fourth-order valence-electron chi connectivity index (χ4n) is 4.62. The molecule has 2 saturated heterocycles. The highest BCUT2D eigenvalue weighted by molar-refractivity contribution is 6.22. The first-order valence-electron chi connectivity index (χ1n) is 11.0. The molecule has 0 N–H and O–H groups in total. The number of hydrogen-bond donors (Lipinski definition) is 0. The van der Waals surface area contributed by atoms with Crippen LogP contribution in [0.3, 0.4) is 0 Å². The lowest BCUT2D eigenvalue weighted by Gasteiger charge is -2.38. The van der Waals surface area contributed by atoms with E-state index in [0.717, 1.165) is 12.8 Å². The van der Waals surface area contributed by atoms with E-state index < -0.39 is 0 Å². The van der Waals surface area contributed by atoms with Crippen LogP contribution in [0, 0.1) is 17.2 Å². The predicted molar refractivity (Wildman–Crippen MR) is 112 cm³/mol. The summed E-state index contributed by atoms with van der Waals surface area (Å²) in [6, 6.07) is 6.95. The van der Waals surface area contributed by atoms with Crippen LogP contribution in [-0.4, -0.2) is 83.9 Å². The van der Waals surface area contributed by atoms with Crippen molar-refractivity contribution in [3.05, 3.63) is 34.9 Å². The van der Waals surface area contributed by atoms with E-state index in [0.29, 0.717) is 43.9 Å². The number of rotatable bonds is 5. The van der Waals surface area contributed by atoms with E-state index >= 15 is 0 Å². The first kappa shape index (κ1) is 21.5. The fraction of sp³-hybridized carbons (Fsp3) is 0.565. The van der Waals surface area contributed by atoms with Gasteiger partial charge in [0.05, 0.1) is 29.8 Å². The highest BCUT2D eigenvalue weighted by atomic mass is 16.5. The van der Waals surface area contributed by atoms with E-state index in [4.69, 9.17) is 4.74 Å². The van der Waals surface area contributed by atoms with E-state index in [1.165, 1.54) is 4.90 Å². The lowest BCUT2D eigenvalue weighted by molar-refractivity contribution is 0.0475. The summed E-state index contributed by atoms with van der Waals surface area (Å²) in [7, 11) is 0. The van der Waals surface area contributed by atoms with Gasteiger partial charge in [-0.1, -0.05) is 13.8 Å². The Morgan fingerprint density at radius 1 is 1.16 bits per heavy atom. The van der Waals surface area contributed by atoms with Crippen molar-refractivity contribution in [1.29, 1.82) is 5.26 Å². The first-order valence-corrected chi connectivity index (χ1v) is 11.0. The average molecular weight is 425 g/mol. The smallest absolute Gasteiger partial charge is 0.261 e. The standard InChI is InChI=1S/C23H28N4O4/c1-15(2)20(13-24)25-7-9-26(10-8-25)21(28)16-5-6-18-19(12-16)23(30)27(22(18)29)14-17-4-3-11-31-17/h5-6,12,15,17,20H,3-4,7-11,14H2,1-2H3. The van der Waals surface area contributed by atoms with Crippen molar-refractivity contribution in [3.8, 4) is 6.07 Å². The molecule has 0 aromatic heterocycles. The number of carbonyl (C=O) groups is 3. The van der Waals surface area contributed by atoms with Crippen molar-refractivity contribution in [3.63, 3.8) is 0 Å². The number of imide groups is 1. The Morgan fingerprint density at radius 2 is 1.87 bits per heavy atom. The molecular formula is C23H28N4O4. The van der Waals surface area contributed by atoms with E-state index in [1.807, 2.05) is 13.8 Å². The lowest BCUT2D eigenvalue weighted by Crippen LogP contribution is -2.52. The molecule has 0 spiro atoms. The number of fused-ring (bicyclic) bond motifs is 1. The molecule has 2 unspecified atom stereocenters. The van der Waals surface area contributed by atoms with Gasteiger partial charge in [-0.25, -0.2) is 0 Å². The van der Waals surface area contributed by atoms with Crippen molar-refractivity contribution < 1.29 is 19.1 Å². The van der Waals surface area contributed by atoms with Crippen LogP contribution in [0.25, 0.3) is 0 Å². The summed E-state index contributed by atoms with van der Waals surface area (Å²) in [6.45, 7) is 7.29. The van der Waals surface area contributed by atoms with Crippen LogP contribution in [0.5, 0.6) is 0 Å². The Labute approximate surface area is 182 Å². The van der Waals surface area contributed by atoms with E-state index in [2.05, 4.69) is 11.0 Å². The van der Waals surface area contributed by atoms with Crippen molar-refractivity contribution >= 4 is 17.7 Å². The topological polar surface area (TPSA) is 93.9 Å². The minimum absolute atomic E-state index is 0.109. The number of benzene rings is 1. The molecule has 3 heterocycles. The van der Waals surface area contributed by atoms with Crippen molar-refractivity contribution in [2.45, 2.75) is 38.8 Å². The lowest BCUT2D eigenvalue weighted by atomic mass is 10.0. The molecular weight excluding hydrogens is 396 g/mol. The normalized spacial score (nSPS) is 22.7. The van der Waals surface area contributed by atoms with Gasteiger partial charge in [0, 0.05) is 38.3 Å². The Kier molecular flexibility index (Phi) is 6.08. The van der Waals surface area contributed by atoms with Gasteiger partial charge in [0.25, 0.3) is 17.7 Å². The van der Waals surface area contributed by atoms with Crippen LogP contribution < -0.4 is 0 Å². The number of ether oxygens (including phenoxy) is 1. The van der Waals surface area contributed by atoms with Gasteiger partial charge in [-0.05, 0) is 37.0 Å². The van der Waals surface area contributed by atoms with Gasteiger partial charge >= 0.3 is 0 Å². The molecule has 8 nitrogen and oxygen atoms in total. The van der Waals surface area contributed by atoms with Crippen LogP contribution in [0.15, 0.2) is 18.2 Å². The summed E-state index contributed by atoms with van der Waals surface area (Å²) in [6.07, 6.45) is 1.67. The zero-order chi connectivity index (χ0) is 22.1. The fourth-order valence-corrected chi connectivity index (χ4v) is 4.62. The zero-order valence-electron chi connectivity index (χ0n) is 18.0. The van der Waals surface area contributed by atoms with Gasteiger partial charge in [0.1, 0.15) is 6.04 Å². The number of carbonyl (C=O) groups excluding carboxylic acids is 3. The molecule has 0 radical (unpaired) electrons. The molecule has 3 aliphatic rings. The van der Waals surface area contributed by atoms with Gasteiger partial charge in [-0.2, -0.15) is 5.26 Å². The Morgan fingerprint density at radius 3 is 2.48 bits per heavy atom. The molecule has 0 bridgehead atoms. The maximum absolute atomic E-state index is 13.0. The minimum atomic E-state index is -0.358. The van der Waals surface area contributed by atoms with Gasteiger partial charge < -0.3 is 9.64 Å². The summed E-state index contributed by atoms with van der Waals surface area (Å²) < 4.78 is 5.57. The van der Waals surface area contributed by atoms with Crippen LogP contribution in [-0.2, 0) is 4.74 Å². The molecule has 1 aromatic rings. The number of hydrogen-bond acceptors (Lipinski definition) is 6. The summed E-state index contributed by atoms with van der Waals surface area (Å²) in [5, 5.41) is 9.41. The number of nitriles is 1. The second-order valence-electron chi connectivity index (χ2n) is 8.76. The molecule has 0 aliphatic carbocycles. The number of piperazine rings is 1. The van der Waals surface area contributed by atoms with Gasteiger partial charge in [0.15, 0.2) is 0 Å².